The van der Waals surface area contributed by atoms with Crippen LogP contribution in [0.25, 0.3) is 0 Å². The lowest BCUT2D eigenvalue weighted by molar-refractivity contribution is 0.130. The second-order valence-electron chi connectivity index (χ2n) is 3.58. The van der Waals surface area contributed by atoms with Crippen LogP contribution in [0.3, 0.4) is 0 Å². The third-order valence-corrected chi connectivity index (χ3v) is 7.18. The first-order valence-electron chi connectivity index (χ1n) is 5.53. The van der Waals surface area contributed by atoms with E-state index < -0.39 is 8.80 Å². The zero-order valence-electron chi connectivity index (χ0n) is 10.6. The number of hydrogen-bond acceptors (Lipinski definition) is 4. The first kappa shape index (κ1) is 14.7. The van der Waals surface area contributed by atoms with Gasteiger partial charge in [0.25, 0.3) is 0 Å². The topological polar surface area (TPSA) is 27.7 Å². The summed E-state index contributed by atoms with van der Waals surface area (Å²) >= 11 is 1.82. The van der Waals surface area contributed by atoms with Crippen LogP contribution < -0.4 is 0 Å². The van der Waals surface area contributed by atoms with Crippen molar-refractivity contribution < 1.29 is 13.3 Å². The van der Waals surface area contributed by atoms with Gasteiger partial charge in [0, 0.05) is 21.3 Å². The predicted molar refractivity (Wildman–Crippen MR) is 74.3 cm³/mol. The Labute approximate surface area is 109 Å². The van der Waals surface area contributed by atoms with Gasteiger partial charge in [-0.1, -0.05) is 30.3 Å². The molecule has 0 fully saturated rings. The van der Waals surface area contributed by atoms with Gasteiger partial charge in [-0.2, -0.15) is 11.8 Å². The molecule has 0 aliphatic rings. The van der Waals surface area contributed by atoms with Crippen LogP contribution in [0.15, 0.2) is 30.3 Å². The van der Waals surface area contributed by atoms with Crippen LogP contribution in [-0.2, 0) is 19.7 Å². The SMILES string of the molecule is CO[Si](CSCCc1ccccc1)(OC)OC. The summed E-state index contributed by atoms with van der Waals surface area (Å²) in [7, 11) is 2.56. The number of benzene rings is 1. The van der Waals surface area contributed by atoms with Crippen molar-refractivity contribution in [2.24, 2.45) is 0 Å². The van der Waals surface area contributed by atoms with Crippen molar-refractivity contribution in [2.75, 3.05) is 32.5 Å². The second kappa shape index (κ2) is 7.89. The van der Waals surface area contributed by atoms with Crippen molar-refractivity contribution in [3.8, 4) is 0 Å². The summed E-state index contributed by atoms with van der Waals surface area (Å²) in [5.41, 5.74) is 1.36. The van der Waals surface area contributed by atoms with E-state index in [9.17, 15) is 0 Å². The molecule has 0 N–H and O–H groups in total. The molecule has 96 valence electrons. The van der Waals surface area contributed by atoms with Gasteiger partial charge in [-0.25, -0.2) is 0 Å². The summed E-state index contributed by atoms with van der Waals surface area (Å²) < 4.78 is 16.1. The lowest BCUT2D eigenvalue weighted by atomic mass is 10.2. The summed E-state index contributed by atoms with van der Waals surface area (Å²) in [5.74, 6) is 1.05. The summed E-state index contributed by atoms with van der Waals surface area (Å²) in [5, 5.41) is 0.795. The minimum absolute atomic E-state index is 0.795. The van der Waals surface area contributed by atoms with E-state index in [4.69, 9.17) is 13.3 Å². The summed E-state index contributed by atoms with van der Waals surface area (Å²) in [6, 6.07) is 10.5. The average Bonchev–Trinajstić information content (AvgIpc) is 2.41. The van der Waals surface area contributed by atoms with E-state index in [1.54, 1.807) is 21.3 Å². The average molecular weight is 272 g/mol. The van der Waals surface area contributed by atoms with Crippen molar-refractivity contribution in [1.82, 2.24) is 0 Å². The molecule has 0 aliphatic carbocycles. The van der Waals surface area contributed by atoms with Crippen LogP contribution in [0.5, 0.6) is 0 Å². The van der Waals surface area contributed by atoms with Crippen LogP contribution in [0, 0.1) is 0 Å². The number of thioether (sulfide) groups is 1. The van der Waals surface area contributed by atoms with Crippen molar-refractivity contribution in [3.63, 3.8) is 0 Å². The Morgan fingerprint density at radius 2 is 1.59 bits per heavy atom. The van der Waals surface area contributed by atoms with Gasteiger partial charge in [-0.3, -0.25) is 0 Å². The van der Waals surface area contributed by atoms with Gasteiger partial charge < -0.3 is 13.3 Å². The Morgan fingerprint density at radius 3 is 2.12 bits per heavy atom. The standard InChI is InChI=1S/C12H20O3SSi/c1-13-17(14-2,15-3)11-16-10-9-12-7-5-4-6-8-12/h4-8H,9-11H2,1-3H3. The molecule has 1 rings (SSSR count). The molecule has 1 aromatic carbocycles. The van der Waals surface area contributed by atoms with E-state index in [0.717, 1.165) is 17.5 Å². The summed E-state index contributed by atoms with van der Waals surface area (Å²) in [6.07, 6.45) is 1.06. The van der Waals surface area contributed by atoms with Crippen LogP contribution in [-0.4, -0.2) is 41.3 Å². The van der Waals surface area contributed by atoms with Gasteiger partial charge in [-0.15, -0.1) is 0 Å². The summed E-state index contributed by atoms with van der Waals surface area (Å²) in [4.78, 5) is 0. The fraction of sp³-hybridized carbons (Fsp3) is 0.500. The van der Waals surface area contributed by atoms with Gasteiger partial charge >= 0.3 is 8.80 Å². The molecule has 3 nitrogen and oxygen atoms in total. The largest absolute Gasteiger partial charge is 0.510 e. The molecule has 0 atom stereocenters. The highest BCUT2D eigenvalue weighted by Gasteiger charge is 2.37. The molecular weight excluding hydrogens is 252 g/mol. The molecule has 0 unspecified atom stereocenters. The summed E-state index contributed by atoms with van der Waals surface area (Å²) in [6.45, 7) is 0. The van der Waals surface area contributed by atoms with Crippen LogP contribution in [0.2, 0.25) is 0 Å². The van der Waals surface area contributed by atoms with Crippen molar-refractivity contribution >= 4 is 20.6 Å². The van der Waals surface area contributed by atoms with E-state index >= 15 is 0 Å². The minimum atomic E-state index is -2.39. The molecule has 0 amide bonds. The molecule has 0 saturated carbocycles. The second-order valence-corrected chi connectivity index (χ2v) is 8.15. The molecule has 0 saturated heterocycles. The van der Waals surface area contributed by atoms with Gasteiger partial charge in [0.2, 0.25) is 0 Å². The molecule has 0 aromatic heterocycles. The monoisotopic (exact) mass is 272 g/mol. The lowest BCUT2D eigenvalue weighted by Gasteiger charge is -2.23. The highest BCUT2D eigenvalue weighted by Crippen LogP contribution is 2.15. The van der Waals surface area contributed by atoms with Crippen molar-refractivity contribution in [2.45, 2.75) is 6.42 Å². The third-order valence-electron chi connectivity index (χ3n) is 2.59. The quantitative estimate of drug-likeness (QED) is 0.536. The smallest absolute Gasteiger partial charge is 0.376 e. The Kier molecular flexibility index (Phi) is 6.84. The van der Waals surface area contributed by atoms with Gasteiger partial charge in [0.15, 0.2) is 0 Å². The van der Waals surface area contributed by atoms with Gasteiger partial charge in [0.1, 0.15) is 0 Å². The third kappa shape index (κ3) is 4.81. The molecule has 0 aliphatic heterocycles. The predicted octanol–water partition coefficient (Wildman–Crippen LogP) is 2.38. The van der Waals surface area contributed by atoms with E-state index in [1.807, 2.05) is 17.8 Å². The van der Waals surface area contributed by atoms with E-state index in [0.29, 0.717) is 0 Å². The first-order chi connectivity index (χ1) is 8.26. The maximum Gasteiger partial charge on any atom is 0.510 e. The number of aryl methyl sites for hydroxylation is 1. The van der Waals surface area contributed by atoms with Crippen molar-refractivity contribution in [3.05, 3.63) is 35.9 Å². The minimum Gasteiger partial charge on any atom is -0.376 e. The zero-order chi connectivity index (χ0) is 12.6. The number of hydrogen-bond donors (Lipinski definition) is 0. The highest BCUT2D eigenvalue weighted by atomic mass is 32.2. The fourth-order valence-electron chi connectivity index (χ4n) is 1.46. The Morgan fingerprint density at radius 1 is 1.00 bits per heavy atom. The molecule has 5 heteroatoms. The Balaban J connectivity index is 2.28. The number of rotatable bonds is 8. The molecule has 17 heavy (non-hydrogen) atoms. The fourth-order valence-corrected chi connectivity index (χ4v) is 5.33. The molecule has 0 heterocycles. The Hall–Kier alpha value is -0.333. The Bertz CT molecular complexity index is 296. The zero-order valence-corrected chi connectivity index (χ0v) is 12.5. The van der Waals surface area contributed by atoms with E-state index in [1.165, 1.54) is 5.56 Å². The maximum atomic E-state index is 5.36. The molecular formula is C12H20O3SSi. The van der Waals surface area contributed by atoms with Crippen LogP contribution >= 0.6 is 11.8 Å². The maximum absolute atomic E-state index is 5.36. The molecule has 0 bridgehead atoms. The van der Waals surface area contributed by atoms with Crippen LogP contribution in [0.1, 0.15) is 5.56 Å². The van der Waals surface area contributed by atoms with Gasteiger partial charge in [-0.05, 0) is 17.7 Å². The molecule has 1 aromatic rings. The first-order valence-corrected chi connectivity index (χ1v) is 8.62. The molecule has 0 spiro atoms. The van der Waals surface area contributed by atoms with E-state index in [2.05, 4.69) is 24.3 Å². The lowest BCUT2D eigenvalue weighted by Crippen LogP contribution is -2.46. The highest BCUT2D eigenvalue weighted by molar-refractivity contribution is 8.00. The van der Waals surface area contributed by atoms with Gasteiger partial charge in [0.05, 0.1) is 5.38 Å². The van der Waals surface area contributed by atoms with Crippen LogP contribution in [0.4, 0.5) is 0 Å². The molecule has 0 radical (unpaired) electrons. The van der Waals surface area contributed by atoms with Crippen molar-refractivity contribution in [1.29, 1.82) is 0 Å². The van der Waals surface area contributed by atoms with E-state index in [-0.39, 0.29) is 0 Å². The normalized spacial score (nSPS) is 11.7.